The van der Waals surface area contributed by atoms with E-state index >= 15 is 0 Å². The molecule has 0 aromatic heterocycles. The van der Waals surface area contributed by atoms with Gasteiger partial charge in [0.1, 0.15) is 0 Å². The average Bonchev–Trinajstić information content (AvgIpc) is 2.94. The number of hydrogen-bond donors (Lipinski definition) is 1. The third-order valence-corrected chi connectivity index (χ3v) is 5.67. The molecule has 0 bridgehead atoms. The number of nitrogens with zero attached hydrogens (tertiary/aromatic N) is 1. The van der Waals surface area contributed by atoms with Crippen LogP contribution in [0.15, 0.2) is 22.7 Å². The summed E-state index contributed by atoms with van der Waals surface area (Å²) in [4.78, 5) is 2.67. The number of piperidine rings is 1. The lowest BCUT2D eigenvalue weighted by Gasteiger charge is -2.39. The molecular formula is C17H25BrN2. The maximum atomic E-state index is 3.75. The Labute approximate surface area is 131 Å². The molecule has 0 spiro atoms. The third-order valence-electron chi connectivity index (χ3n) is 4.93. The van der Waals surface area contributed by atoms with E-state index < -0.39 is 0 Å². The van der Waals surface area contributed by atoms with E-state index in [2.05, 4.69) is 51.3 Å². The van der Waals surface area contributed by atoms with Crippen LogP contribution in [0.4, 0.5) is 5.69 Å². The number of halogens is 1. The van der Waals surface area contributed by atoms with Gasteiger partial charge in [0.05, 0.1) is 0 Å². The smallest absolute Gasteiger partial charge is 0.0380 e. The van der Waals surface area contributed by atoms with Gasteiger partial charge in [-0.15, -0.1) is 0 Å². The molecule has 1 saturated heterocycles. The first-order valence-corrected chi connectivity index (χ1v) is 8.84. The zero-order valence-corrected chi connectivity index (χ0v) is 14.0. The predicted molar refractivity (Wildman–Crippen MR) is 89.2 cm³/mol. The summed E-state index contributed by atoms with van der Waals surface area (Å²) >= 11 is 3.75. The summed E-state index contributed by atoms with van der Waals surface area (Å²) in [6.07, 6.45) is 7.06. The number of rotatable bonds is 4. The van der Waals surface area contributed by atoms with E-state index in [9.17, 15) is 0 Å². The Morgan fingerprint density at radius 2 is 2.10 bits per heavy atom. The van der Waals surface area contributed by atoms with Gasteiger partial charge in [0.25, 0.3) is 0 Å². The van der Waals surface area contributed by atoms with Crippen LogP contribution in [0, 0.1) is 5.92 Å². The Balaban J connectivity index is 1.77. The highest BCUT2D eigenvalue weighted by Gasteiger charge is 2.35. The van der Waals surface area contributed by atoms with Crippen molar-refractivity contribution in [3.63, 3.8) is 0 Å². The van der Waals surface area contributed by atoms with Gasteiger partial charge in [-0.05, 0) is 55.8 Å². The van der Waals surface area contributed by atoms with Gasteiger partial charge in [0, 0.05) is 29.3 Å². The van der Waals surface area contributed by atoms with Crippen molar-refractivity contribution in [2.45, 2.75) is 51.6 Å². The lowest BCUT2D eigenvalue weighted by Crippen LogP contribution is -2.42. The maximum absolute atomic E-state index is 3.75. The predicted octanol–water partition coefficient (Wildman–Crippen LogP) is 4.33. The minimum absolute atomic E-state index is 0.801. The van der Waals surface area contributed by atoms with Crippen LogP contribution in [0.25, 0.3) is 0 Å². The quantitative estimate of drug-likeness (QED) is 0.880. The lowest BCUT2D eigenvalue weighted by atomic mass is 9.91. The molecule has 110 valence electrons. The SMILES string of the molecule is CCNCc1ccc(N2CCCC3CCCC32)cc1Br. The minimum Gasteiger partial charge on any atom is -0.368 e. The molecular weight excluding hydrogens is 312 g/mol. The van der Waals surface area contributed by atoms with Crippen LogP contribution in [0.2, 0.25) is 0 Å². The van der Waals surface area contributed by atoms with Gasteiger partial charge in [-0.3, -0.25) is 0 Å². The highest BCUT2D eigenvalue weighted by atomic mass is 79.9. The Hall–Kier alpha value is -0.540. The zero-order valence-electron chi connectivity index (χ0n) is 12.4. The van der Waals surface area contributed by atoms with E-state index in [0.717, 1.165) is 25.0 Å². The summed E-state index contributed by atoms with van der Waals surface area (Å²) in [6.45, 7) is 5.35. The molecule has 2 atom stereocenters. The number of anilines is 1. The topological polar surface area (TPSA) is 15.3 Å². The van der Waals surface area contributed by atoms with Crippen LogP contribution >= 0.6 is 15.9 Å². The molecule has 1 aromatic rings. The summed E-state index contributed by atoms with van der Waals surface area (Å²) in [7, 11) is 0. The molecule has 0 amide bonds. The summed E-state index contributed by atoms with van der Waals surface area (Å²) in [5.41, 5.74) is 2.77. The van der Waals surface area contributed by atoms with E-state index in [-0.39, 0.29) is 0 Å². The van der Waals surface area contributed by atoms with Gasteiger partial charge in [-0.1, -0.05) is 35.3 Å². The monoisotopic (exact) mass is 336 g/mol. The molecule has 2 nitrogen and oxygen atoms in total. The number of benzene rings is 1. The zero-order chi connectivity index (χ0) is 13.9. The van der Waals surface area contributed by atoms with Crippen LogP contribution < -0.4 is 10.2 Å². The van der Waals surface area contributed by atoms with Crippen molar-refractivity contribution in [3.8, 4) is 0 Å². The lowest BCUT2D eigenvalue weighted by molar-refractivity contribution is 0.362. The first-order chi connectivity index (χ1) is 9.79. The van der Waals surface area contributed by atoms with Crippen LogP contribution in [0.1, 0.15) is 44.6 Å². The highest BCUT2D eigenvalue weighted by Crippen LogP contribution is 2.39. The molecule has 2 unspecified atom stereocenters. The Kier molecular flexibility index (Phi) is 4.67. The van der Waals surface area contributed by atoms with Gasteiger partial charge in [-0.2, -0.15) is 0 Å². The van der Waals surface area contributed by atoms with E-state index in [1.807, 2.05) is 0 Å². The normalized spacial score (nSPS) is 25.8. The van der Waals surface area contributed by atoms with Gasteiger partial charge in [0.15, 0.2) is 0 Å². The van der Waals surface area contributed by atoms with Gasteiger partial charge >= 0.3 is 0 Å². The fourth-order valence-electron chi connectivity index (χ4n) is 3.89. The Bertz CT molecular complexity index is 460. The van der Waals surface area contributed by atoms with Gasteiger partial charge < -0.3 is 10.2 Å². The highest BCUT2D eigenvalue weighted by molar-refractivity contribution is 9.10. The maximum Gasteiger partial charge on any atom is 0.0380 e. The van der Waals surface area contributed by atoms with E-state index in [1.54, 1.807) is 0 Å². The van der Waals surface area contributed by atoms with Crippen molar-refractivity contribution >= 4 is 21.6 Å². The van der Waals surface area contributed by atoms with Crippen LogP contribution in [0.5, 0.6) is 0 Å². The molecule has 1 saturated carbocycles. The first kappa shape index (κ1) is 14.4. The van der Waals surface area contributed by atoms with Crippen molar-refractivity contribution in [1.82, 2.24) is 5.32 Å². The standard InChI is InChI=1S/C17H25BrN2/c1-2-19-12-14-8-9-15(11-16(14)18)20-10-4-6-13-5-3-7-17(13)20/h8-9,11,13,17,19H,2-7,10,12H2,1H3. The van der Waals surface area contributed by atoms with Crippen molar-refractivity contribution in [2.75, 3.05) is 18.0 Å². The molecule has 1 heterocycles. The molecule has 1 N–H and O–H groups in total. The molecule has 1 aliphatic carbocycles. The molecule has 1 aromatic carbocycles. The first-order valence-electron chi connectivity index (χ1n) is 8.05. The van der Waals surface area contributed by atoms with Crippen molar-refractivity contribution in [2.24, 2.45) is 5.92 Å². The summed E-state index contributed by atoms with van der Waals surface area (Å²) in [5, 5.41) is 3.40. The van der Waals surface area contributed by atoms with Crippen molar-refractivity contribution in [1.29, 1.82) is 0 Å². The van der Waals surface area contributed by atoms with E-state index in [1.165, 1.54) is 54.4 Å². The second-order valence-electron chi connectivity index (χ2n) is 6.15. The van der Waals surface area contributed by atoms with Crippen molar-refractivity contribution in [3.05, 3.63) is 28.2 Å². The molecule has 1 aliphatic heterocycles. The Morgan fingerprint density at radius 1 is 1.25 bits per heavy atom. The van der Waals surface area contributed by atoms with Crippen molar-refractivity contribution < 1.29 is 0 Å². The number of fused-ring (bicyclic) bond motifs is 1. The van der Waals surface area contributed by atoms with Gasteiger partial charge in [0.2, 0.25) is 0 Å². The molecule has 3 rings (SSSR count). The number of hydrogen-bond acceptors (Lipinski definition) is 2. The fraction of sp³-hybridized carbons (Fsp3) is 0.647. The van der Waals surface area contributed by atoms with Crippen LogP contribution in [0.3, 0.4) is 0 Å². The molecule has 2 fully saturated rings. The van der Waals surface area contributed by atoms with E-state index in [0.29, 0.717) is 0 Å². The second-order valence-corrected chi connectivity index (χ2v) is 7.00. The van der Waals surface area contributed by atoms with Crippen LogP contribution in [-0.2, 0) is 6.54 Å². The van der Waals surface area contributed by atoms with E-state index in [4.69, 9.17) is 0 Å². The Morgan fingerprint density at radius 3 is 2.90 bits per heavy atom. The fourth-order valence-corrected chi connectivity index (χ4v) is 4.40. The minimum atomic E-state index is 0.801. The van der Waals surface area contributed by atoms with Gasteiger partial charge in [-0.25, -0.2) is 0 Å². The molecule has 2 aliphatic rings. The summed E-state index contributed by atoms with van der Waals surface area (Å²) in [5.74, 6) is 0.948. The number of nitrogens with one attached hydrogen (secondary N) is 1. The molecule has 0 radical (unpaired) electrons. The molecule has 20 heavy (non-hydrogen) atoms. The third kappa shape index (κ3) is 2.89. The molecule has 3 heteroatoms. The second kappa shape index (κ2) is 6.48. The average molecular weight is 337 g/mol. The summed E-state index contributed by atoms with van der Waals surface area (Å²) < 4.78 is 1.25. The largest absolute Gasteiger partial charge is 0.368 e. The van der Waals surface area contributed by atoms with Crippen LogP contribution in [-0.4, -0.2) is 19.1 Å². The summed E-state index contributed by atoms with van der Waals surface area (Å²) in [6, 6.07) is 7.72.